The summed E-state index contributed by atoms with van der Waals surface area (Å²) in [5, 5.41) is 8.50. The zero-order valence-electron chi connectivity index (χ0n) is 12.1. The van der Waals surface area contributed by atoms with Crippen LogP contribution < -0.4 is 0 Å². The first kappa shape index (κ1) is 11.3. The molecule has 0 spiro atoms. The van der Waals surface area contributed by atoms with E-state index >= 15 is 0 Å². The van der Waals surface area contributed by atoms with Crippen LogP contribution in [0.2, 0.25) is 0 Å². The van der Waals surface area contributed by atoms with Crippen LogP contribution in [0.15, 0.2) is 54.6 Å². The first-order chi connectivity index (χ1) is 10.3. The van der Waals surface area contributed by atoms with Crippen molar-refractivity contribution in [3.05, 3.63) is 71.3 Å². The number of fused-ring (bicyclic) bond motifs is 4. The van der Waals surface area contributed by atoms with E-state index in [9.17, 15) is 0 Å². The molecule has 1 aliphatic carbocycles. The fraction of sp³-hybridized carbons (Fsp3) is 0.143. The number of hydrogen-bond acceptors (Lipinski definition) is 0. The largest absolute Gasteiger partial charge is 0.0613 e. The van der Waals surface area contributed by atoms with Crippen molar-refractivity contribution in [2.45, 2.75) is 19.8 Å². The van der Waals surface area contributed by atoms with Crippen LogP contribution in [-0.2, 0) is 12.8 Å². The maximum absolute atomic E-state index is 2.41. The zero-order chi connectivity index (χ0) is 14.0. The second kappa shape index (κ2) is 3.85. The van der Waals surface area contributed by atoms with Gasteiger partial charge in [0, 0.05) is 0 Å². The Morgan fingerprint density at radius 1 is 0.667 bits per heavy atom. The van der Waals surface area contributed by atoms with E-state index in [0.29, 0.717) is 0 Å². The number of hydrogen-bond donors (Lipinski definition) is 0. The minimum atomic E-state index is 1.19. The molecule has 0 unspecified atom stereocenters. The fourth-order valence-electron chi connectivity index (χ4n) is 3.99. The first-order valence-corrected chi connectivity index (χ1v) is 7.68. The summed E-state index contributed by atoms with van der Waals surface area (Å²) in [4.78, 5) is 0. The normalized spacial score (nSPS) is 13.6. The van der Waals surface area contributed by atoms with Gasteiger partial charge >= 0.3 is 0 Å². The van der Waals surface area contributed by atoms with Gasteiger partial charge in [-0.1, -0.05) is 60.2 Å². The van der Waals surface area contributed by atoms with Gasteiger partial charge in [0.15, 0.2) is 0 Å². The molecule has 100 valence electrons. The monoisotopic (exact) mass is 268 g/mol. The lowest BCUT2D eigenvalue weighted by Gasteiger charge is -2.11. The Labute approximate surface area is 124 Å². The van der Waals surface area contributed by atoms with E-state index in [0.717, 1.165) is 0 Å². The fourth-order valence-corrected chi connectivity index (χ4v) is 3.99. The smallest absolute Gasteiger partial charge is 0.00264 e. The Morgan fingerprint density at radius 2 is 1.48 bits per heavy atom. The summed E-state index contributed by atoms with van der Waals surface area (Å²) in [5.41, 5.74) is 4.38. The molecule has 0 saturated heterocycles. The van der Waals surface area contributed by atoms with Gasteiger partial charge in [0.1, 0.15) is 0 Å². The Morgan fingerprint density at radius 3 is 2.43 bits per heavy atom. The van der Waals surface area contributed by atoms with Gasteiger partial charge in [-0.3, -0.25) is 0 Å². The minimum Gasteiger partial charge on any atom is -0.0613 e. The van der Waals surface area contributed by atoms with Gasteiger partial charge < -0.3 is 0 Å². The molecule has 0 amide bonds. The van der Waals surface area contributed by atoms with Gasteiger partial charge in [0.2, 0.25) is 0 Å². The standard InChI is InChI=1S/C21H16/c1-13-5-6-14-7-9-17-12-16-10-8-15-3-2-4-18(20(15)16)21(17)19(14)11-13/h2-7,9,11-12H,8,10H2,1H3. The highest BCUT2D eigenvalue weighted by molar-refractivity contribution is 6.21. The third-order valence-corrected chi connectivity index (χ3v) is 4.94. The second-order valence-corrected chi connectivity index (χ2v) is 6.26. The lowest BCUT2D eigenvalue weighted by molar-refractivity contribution is 1.03. The van der Waals surface area contributed by atoms with E-state index in [2.05, 4.69) is 61.5 Å². The number of aryl methyl sites for hydroxylation is 3. The molecule has 0 atom stereocenters. The summed E-state index contributed by atoms with van der Waals surface area (Å²) in [6.07, 6.45) is 2.39. The molecule has 0 heterocycles. The Hall–Kier alpha value is -2.34. The molecule has 4 aromatic carbocycles. The predicted octanol–water partition coefficient (Wildman–Crippen LogP) is 5.55. The van der Waals surface area contributed by atoms with E-state index in [1.54, 1.807) is 0 Å². The molecule has 5 rings (SSSR count). The summed E-state index contributed by atoms with van der Waals surface area (Å²) < 4.78 is 0. The molecule has 0 aliphatic heterocycles. The molecule has 0 bridgehead atoms. The Bertz CT molecular complexity index is 1040. The Balaban J connectivity index is 2.13. The molecule has 1 aliphatic rings. The third-order valence-electron chi connectivity index (χ3n) is 4.94. The molecule has 0 saturated carbocycles. The quantitative estimate of drug-likeness (QED) is 0.367. The molecular weight excluding hydrogens is 252 g/mol. The van der Waals surface area contributed by atoms with Crippen LogP contribution in [0.25, 0.3) is 32.3 Å². The average molecular weight is 268 g/mol. The number of benzene rings is 4. The highest BCUT2D eigenvalue weighted by atomic mass is 14.2. The molecule has 0 radical (unpaired) electrons. The van der Waals surface area contributed by atoms with Crippen LogP contribution in [0.1, 0.15) is 16.7 Å². The van der Waals surface area contributed by atoms with E-state index in [1.807, 2.05) is 0 Å². The summed E-state index contributed by atoms with van der Waals surface area (Å²) in [5.74, 6) is 0. The molecule has 0 heteroatoms. The van der Waals surface area contributed by atoms with Crippen LogP contribution in [-0.4, -0.2) is 0 Å². The zero-order valence-corrected chi connectivity index (χ0v) is 12.1. The molecule has 4 aromatic rings. The van der Waals surface area contributed by atoms with Gasteiger partial charge in [-0.05, 0) is 63.2 Å². The molecular formula is C21H16. The van der Waals surface area contributed by atoms with Gasteiger partial charge in [-0.25, -0.2) is 0 Å². The van der Waals surface area contributed by atoms with Crippen LogP contribution in [0, 0.1) is 6.92 Å². The predicted molar refractivity (Wildman–Crippen MR) is 91.1 cm³/mol. The average Bonchev–Trinajstić information content (AvgIpc) is 2.91. The van der Waals surface area contributed by atoms with Crippen molar-refractivity contribution in [2.24, 2.45) is 0 Å². The van der Waals surface area contributed by atoms with Crippen LogP contribution in [0.5, 0.6) is 0 Å². The van der Waals surface area contributed by atoms with Crippen molar-refractivity contribution in [2.75, 3.05) is 0 Å². The van der Waals surface area contributed by atoms with E-state index in [-0.39, 0.29) is 0 Å². The van der Waals surface area contributed by atoms with Crippen molar-refractivity contribution in [3.63, 3.8) is 0 Å². The molecule has 0 fully saturated rings. The van der Waals surface area contributed by atoms with Crippen molar-refractivity contribution < 1.29 is 0 Å². The van der Waals surface area contributed by atoms with Gasteiger partial charge in [-0.2, -0.15) is 0 Å². The van der Waals surface area contributed by atoms with Crippen LogP contribution in [0.4, 0.5) is 0 Å². The summed E-state index contributed by atoms with van der Waals surface area (Å²) in [7, 11) is 0. The minimum absolute atomic E-state index is 1.19. The summed E-state index contributed by atoms with van der Waals surface area (Å²) >= 11 is 0. The lowest BCUT2D eigenvalue weighted by atomic mass is 9.93. The summed E-state index contributed by atoms with van der Waals surface area (Å²) in [6.45, 7) is 2.18. The van der Waals surface area contributed by atoms with E-state index in [1.165, 1.54) is 61.8 Å². The SMILES string of the molecule is Cc1ccc2ccc3cc4c5c(cccc5c3c2c1)CC4. The van der Waals surface area contributed by atoms with Crippen LogP contribution in [0.3, 0.4) is 0 Å². The molecule has 0 aromatic heterocycles. The van der Waals surface area contributed by atoms with Crippen molar-refractivity contribution in [1.82, 2.24) is 0 Å². The second-order valence-electron chi connectivity index (χ2n) is 6.26. The highest BCUT2D eigenvalue weighted by Gasteiger charge is 2.17. The lowest BCUT2D eigenvalue weighted by Crippen LogP contribution is -1.85. The topological polar surface area (TPSA) is 0 Å². The van der Waals surface area contributed by atoms with Gasteiger partial charge in [0.05, 0.1) is 0 Å². The van der Waals surface area contributed by atoms with Crippen LogP contribution >= 0.6 is 0 Å². The van der Waals surface area contributed by atoms with E-state index < -0.39 is 0 Å². The van der Waals surface area contributed by atoms with Gasteiger partial charge in [0.25, 0.3) is 0 Å². The van der Waals surface area contributed by atoms with Gasteiger partial charge in [-0.15, -0.1) is 0 Å². The van der Waals surface area contributed by atoms with Crippen molar-refractivity contribution in [3.8, 4) is 0 Å². The maximum atomic E-state index is 2.41. The number of rotatable bonds is 0. The summed E-state index contributed by atoms with van der Waals surface area (Å²) in [6, 6.07) is 20.6. The molecule has 0 N–H and O–H groups in total. The molecule has 0 nitrogen and oxygen atoms in total. The highest BCUT2D eigenvalue weighted by Crippen LogP contribution is 2.39. The maximum Gasteiger partial charge on any atom is -0.00264 e. The van der Waals surface area contributed by atoms with Crippen molar-refractivity contribution in [1.29, 1.82) is 0 Å². The molecule has 21 heavy (non-hydrogen) atoms. The van der Waals surface area contributed by atoms with E-state index in [4.69, 9.17) is 0 Å². The van der Waals surface area contributed by atoms with Crippen molar-refractivity contribution >= 4 is 32.3 Å². The first-order valence-electron chi connectivity index (χ1n) is 7.68. The third kappa shape index (κ3) is 1.45. The Kier molecular flexibility index (Phi) is 2.08.